The van der Waals surface area contributed by atoms with Crippen LogP contribution in [0.4, 0.5) is 5.69 Å². The second-order valence-electron chi connectivity index (χ2n) is 6.27. The number of likely N-dealkylation sites (tertiary alicyclic amines) is 1. The highest BCUT2D eigenvalue weighted by atomic mass is 79.9. The van der Waals surface area contributed by atoms with E-state index in [9.17, 15) is 5.11 Å². The van der Waals surface area contributed by atoms with E-state index in [2.05, 4.69) is 52.1 Å². The van der Waals surface area contributed by atoms with Gasteiger partial charge >= 0.3 is 0 Å². The standard InChI is InChI=1S/C16H25BrN2O/c1-13(2)11-19-8-6-16(12-20,7-9-19)18-15-5-3-4-14(17)10-15/h3-5,10,13,18,20H,6-9,11-12H2,1-2H3. The molecule has 0 atom stereocenters. The molecular formula is C16H25BrN2O. The van der Waals surface area contributed by atoms with Crippen LogP contribution < -0.4 is 5.32 Å². The van der Waals surface area contributed by atoms with E-state index in [0.29, 0.717) is 5.92 Å². The van der Waals surface area contributed by atoms with Crippen LogP contribution in [0.1, 0.15) is 26.7 Å². The number of hydrogen-bond acceptors (Lipinski definition) is 3. The highest BCUT2D eigenvalue weighted by molar-refractivity contribution is 9.10. The summed E-state index contributed by atoms with van der Waals surface area (Å²) in [4.78, 5) is 2.50. The van der Waals surface area contributed by atoms with Crippen LogP contribution in [-0.2, 0) is 0 Å². The van der Waals surface area contributed by atoms with Gasteiger partial charge in [0, 0.05) is 29.8 Å². The fourth-order valence-electron chi connectivity index (χ4n) is 2.88. The van der Waals surface area contributed by atoms with E-state index in [1.54, 1.807) is 0 Å². The van der Waals surface area contributed by atoms with Crippen LogP contribution >= 0.6 is 15.9 Å². The molecule has 0 radical (unpaired) electrons. The second kappa shape index (κ2) is 6.92. The first-order chi connectivity index (χ1) is 9.53. The van der Waals surface area contributed by atoms with Gasteiger partial charge in [-0.25, -0.2) is 0 Å². The number of aliphatic hydroxyl groups excluding tert-OH is 1. The number of nitrogens with one attached hydrogen (secondary N) is 1. The van der Waals surface area contributed by atoms with Gasteiger partial charge in [0.25, 0.3) is 0 Å². The van der Waals surface area contributed by atoms with Crippen LogP contribution in [0, 0.1) is 5.92 Å². The number of piperidine rings is 1. The minimum Gasteiger partial charge on any atom is -0.394 e. The first kappa shape index (κ1) is 15.8. The van der Waals surface area contributed by atoms with Gasteiger partial charge in [-0.15, -0.1) is 0 Å². The number of rotatable bonds is 5. The van der Waals surface area contributed by atoms with Crippen molar-refractivity contribution in [1.29, 1.82) is 0 Å². The summed E-state index contributed by atoms with van der Waals surface area (Å²) < 4.78 is 1.06. The van der Waals surface area contributed by atoms with Crippen LogP contribution in [0.3, 0.4) is 0 Å². The molecule has 2 rings (SSSR count). The number of hydrogen-bond donors (Lipinski definition) is 2. The average Bonchev–Trinajstić information content (AvgIpc) is 2.41. The highest BCUT2D eigenvalue weighted by Gasteiger charge is 2.34. The quantitative estimate of drug-likeness (QED) is 0.862. The molecule has 0 bridgehead atoms. The van der Waals surface area contributed by atoms with Gasteiger partial charge in [-0.3, -0.25) is 0 Å². The molecule has 3 nitrogen and oxygen atoms in total. The second-order valence-corrected chi connectivity index (χ2v) is 7.18. The molecule has 1 heterocycles. The SMILES string of the molecule is CC(C)CN1CCC(CO)(Nc2cccc(Br)c2)CC1. The molecule has 1 aliphatic heterocycles. The van der Waals surface area contributed by atoms with Gasteiger partial charge in [0.05, 0.1) is 12.1 Å². The summed E-state index contributed by atoms with van der Waals surface area (Å²) in [6.07, 6.45) is 1.98. The maximum Gasteiger partial charge on any atom is 0.0662 e. The topological polar surface area (TPSA) is 35.5 Å². The van der Waals surface area contributed by atoms with E-state index < -0.39 is 0 Å². The Bertz CT molecular complexity index is 428. The first-order valence-electron chi connectivity index (χ1n) is 7.40. The van der Waals surface area contributed by atoms with Crippen LogP contribution in [0.2, 0.25) is 0 Å². The van der Waals surface area contributed by atoms with E-state index in [1.807, 2.05) is 12.1 Å². The Morgan fingerprint density at radius 2 is 2.05 bits per heavy atom. The number of benzene rings is 1. The molecule has 0 aromatic heterocycles. The Hall–Kier alpha value is -0.580. The molecule has 1 fully saturated rings. The van der Waals surface area contributed by atoms with Crippen molar-refractivity contribution in [3.05, 3.63) is 28.7 Å². The maximum absolute atomic E-state index is 9.85. The molecule has 1 saturated heterocycles. The molecule has 0 amide bonds. The van der Waals surface area contributed by atoms with Crippen LogP contribution in [0.5, 0.6) is 0 Å². The summed E-state index contributed by atoms with van der Waals surface area (Å²) in [6.45, 7) is 7.97. The minimum atomic E-state index is -0.172. The average molecular weight is 341 g/mol. The van der Waals surface area contributed by atoms with Crippen molar-refractivity contribution in [2.75, 3.05) is 31.6 Å². The van der Waals surface area contributed by atoms with Gasteiger partial charge in [0.2, 0.25) is 0 Å². The van der Waals surface area contributed by atoms with Crippen molar-refractivity contribution in [2.45, 2.75) is 32.2 Å². The lowest BCUT2D eigenvalue weighted by Gasteiger charge is -2.42. The normalized spacial score (nSPS) is 19.2. The van der Waals surface area contributed by atoms with Crippen molar-refractivity contribution >= 4 is 21.6 Å². The number of nitrogens with zero attached hydrogens (tertiary/aromatic N) is 1. The molecule has 0 unspecified atom stereocenters. The van der Waals surface area contributed by atoms with Crippen LogP contribution in [0.25, 0.3) is 0 Å². The predicted octanol–water partition coefficient (Wildman–Crippen LogP) is 3.34. The molecule has 0 saturated carbocycles. The lowest BCUT2D eigenvalue weighted by molar-refractivity contribution is 0.111. The van der Waals surface area contributed by atoms with Gasteiger partial charge < -0.3 is 15.3 Å². The zero-order valence-corrected chi connectivity index (χ0v) is 14.0. The summed E-state index contributed by atoms with van der Waals surface area (Å²) in [6, 6.07) is 8.16. The van der Waals surface area contributed by atoms with E-state index in [4.69, 9.17) is 0 Å². The molecule has 1 aliphatic rings. The maximum atomic E-state index is 9.85. The third-order valence-corrected chi connectivity index (χ3v) is 4.47. The van der Waals surface area contributed by atoms with Crippen LogP contribution in [0.15, 0.2) is 28.7 Å². The Morgan fingerprint density at radius 1 is 1.35 bits per heavy atom. The summed E-state index contributed by atoms with van der Waals surface area (Å²) in [5, 5.41) is 13.4. The Labute approximate surface area is 130 Å². The summed E-state index contributed by atoms with van der Waals surface area (Å²) >= 11 is 3.49. The number of anilines is 1. The van der Waals surface area contributed by atoms with Gasteiger partial charge in [-0.1, -0.05) is 35.8 Å². The number of halogens is 1. The largest absolute Gasteiger partial charge is 0.394 e. The molecule has 1 aromatic carbocycles. The molecule has 0 spiro atoms. The van der Waals surface area contributed by atoms with Crippen LogP contribution in [-0.4, -0.2) is 41.8 Å². The molecule has 1 aromatic rings. The van der Waals surface area contributed by atoms with Crippen molar-refractivity contribution < 1.29 is 5.11 Å². The van der Waals surface area contributed by atoms with Gasteiger partial charge in [-0.05, 0) is 37.0 Å². The summed E-state index contributed by atoms with van der Waals surface area (Å²) in [5.41, 5.74) is 0.902. The number of aliphatic hydroxyl groups is 1. The molecular weight excluding hydrogens is 316 g/mol. The fourth-order valence-corrected chi connectivity index (χ4v) is 3.27. The van der Waals surface area contributed by atoms with E-state index >= 15 is 0 Å². The van der Waals surface area contributed by atoms with Crippen molar-refractivity contribution in [2.24, 2.45) is 5.92 Å². The smallest absolute Gasteiger partial charge is 0.0662 e. The molecule has 4 heteroatoms. The van der Waals surface area contributed by atoms with Crippen molar-refractivity contribution in [1.82, 2.24) is 4.90 Å². The first-order valence-corrected chi connectivity index (χ1v) is 8.19. The molecule has 0 aliphatic carbocycles. The monoisotopic (exact) mass is 340 g/mol. The van der Waals surface area contributed by atoms with Crippen molar-refractivity contribution in [3.63, 3.8) is 0 Å². The predicted molar refractivity (Wildman–Crippen MR) is 88.1 cm³/mol. The lowest BCUT2D eigenvalue weighted by Crippen LogP contribution is -2.52. The van der Waals surface area contributed by atoms with E-state index in [-0.39, 0.29) is 12.1 Å². The minimum absolute atomic E-state index is 0.172. The van der Waals surface area contributed by atoms with Crippen molar-refractivity contribution in [3.8, 4) is 0 Å². The lowest BCUT2D eigenvalue weighted by atomic mass is 9.87. The summed E-state index contributed by atoms with van der Waals surface area (Å²) in [7, 11) is 0. The Kier molecular flexibility index (Phi) is 5.47. The highest BCUT2D eigenvalue weighted by Crippen LogP contribution is 2.28. The summed E-state index contributed by atoms with van der Waals surface area (Å²) in [5.74, 6) is 0.703. The van der Waals surface area contributed by atoms with Gasteiger partial charge in [0.15, 0.2) is 0 Å². The van der Waals surface area contributed by atoms with E-state index in [1.165, 1.54) is 0 Å². The molecule has 2 N–H and O–H groups in total. The van der Waals surface area contributed by atoms with Gasteiger partial charge in [0.1, 0.15) is 0 Å². The zero-order valence-electron chi connectivity index (χ0n) is 12.4. The zero-order chi connectivity index (χ0) is 14.6. The van der Waals surface area contributed by atoms with E-state index in [0.717, 1.165) is 42.6 Å². The Morgan fingerprint density at radius 3 is 2.60 bits per heavy atom. The fraction of sp³-hybridized carbons (Fsp3) is 0.625. The third kappa shape index (κ3) is 4.21. The Balaban J connectivity index is 1.98. The molecule has 112 valence electrons. The third-order valence-electron chi connectivity index (χ3n) is 3.97. The van der Waals surface area contributed by atoms with Gasteiger partial charge in [-0.2, -0.15) is 0 Å². The molecule has 20 heavy (non-hydrogen) atoms.